The minimum Gasteiger partial charge on any atom is -0.356 e. The minimum absolute atomic E-state index is 0.0182. The maximum absolute atomic E-state index is 11.9. The Labute approximate surface area is 119 Å². The van der Waals surface area contributed by atoms with Crippen LogP contribution in [0.15, 0.2) is 24.3 Å². The third kappa shape index (κ3) is 2.36. The third-order valence-corrected chi connectivity index (χ3v) is 4.35. The van der Waals surface area contributed by atoms with Crippen LogP contribution in [-0.4, -0.2) is 18.5 Å². The number of hydrogen-bond donors (Lipinski definition) is 1. The monoisotopic (exact) mass is 269 g/mol. The molecule has 1 fully saturated rings. The van der Waals surface area contributed by atoms with Crippen LogP contribution in [0, 0.1) is 17.2 Å². The normalized spacial score (nSPS) is 26.1. The van der Waals surface area contributed by atoms with Crippen molar-refractivity contribution in [3.63, 3.8) is 0 Å². The number of carbonyl (C=O) groups excluding carboxylic acids is 1. The molecule has 0 bridgehead atoms. The van der Waals surface area contributed by atoms with Crippen molar-refractivity contribution in [2.24, 2.45) is 5.92 Å². The van der Waals surface area contributed by atoms with Crippen LogP contribution in [0.1, 0.15) is 32.1 Å². The van der Waals surface area contributed by atoms with Crippen LogP contribution in [0.5, 0.6) is 0 Å². The number of benzene rings is 1. The van der Waals surface area contributed by atoms with E-state index < -0.39 is 0 Å². The van der Waals surface area contributed by atoms with Gasteiger partial charge in [-0.1, -0.05) is 31.4 Å². The van der Waals surface area contributed by atoms with Gasteiger partial charge in [-0.25, -0.2) is 0 Å². The van der Waals surface area contributed by atoms with Crippen molar-refractivity contribution in [1.29, 1.82) is 5.26 Å². The number of hydrogen-bond acceptors (Lipinski definition) is 3. The summed E-state index contributed by atoms with van der Waals surface area (Å²) in [7, 11) is 0. The van der Waals surface area contributed by atoms with Gasteiger partial charge in [0.15, 0.2) is 0 Å². The molecule has 20 heavy (non-hydrogen) atoms. The molecule has 1 aromatic rings. The highest BCUT2D eigenvalue weighted by molar-refractivity contribution is 6.01. The van der Waals surface area contributed by atoms with E-state index >= 15 is 0 Å². The molecule has 104 valence electrons. The zero-order chi connectivity index (χ0) is 13.9. The predicted octanol–water partition coefficient (Wildman–Crippen LogP) is 2.92. The molecule has 4 heteroatoms. The van der Waals surface area contributed by atoms with E-state index in [-0.39, 0.29) is 17.9 Å². The molecule has 1 heterocycles. The van der Waals surface area contributed by atoms with Crippen molar-refractivity contribution >= 4 is 17.3 Å². The van der Waals surface area contributed by atoms with Crippen LogP contribution in [0.25, 0.3) is 0 Å². The summed E-state index contributed by atoms with van der Waals surface area (Å²) in [6.45, 7) is 0.361. The number of nitrogens with one attached hydrogen (secondary N) is 1. The van der Waals surface area contributed by atoms with Gasteiger partial charge in [-0.15, -0.1) is 0 Å². The van der Waals surface area contributed by atoms with Crippen molar-refractivity contribution < 1.29 is 4.79 Å². The van der Waals surface area contributed by atoms with Gasteiger partial charge in [0.05, 0.1) is 29.9 Å². The van der Waals surface area contributed by atoms with Crippen molar-refractivity contribution in [1.82, 2.24) is 0 Å². The molecule has 1 amide bonds. The molecule has 2 atom stereocenters. The number of fused-ring (bicyclic) bond motifs is 1. The number of para-hydroxylation sites is 2. The van der Waals surface area contributed by atoms with Gasteiger partial charge in [-0.3, -0.25) is 4.79 Å². The molecule has 1 aliphatic carbocycles. The van der Waals surface area contributed by atoms with Gasteiger partial charge in [0, 0.05) is 6.04 Å². The summed E-state index contributed by atoms with van der Waals surface area (Å²) < 4.78 is 0. The van der Waals surface area contributed by atoms with Gasteiger partial charge >= 0.3 is 0 Å². The second-order valence-electron chi connectivity index (χ2n) is 5.63. The van der Waals surface area contributed by atoms with E-state index in [0.29, 0.717) is 6.54 Å². The van der Waals surface area contributed by atoms with Gasteiger partial charge in [0.1, 0.15) is 0 Å². The van der Waals surface area contributed by atoms with Crippen LogP contribution >= 0.6 is 0 Å². The molecule has 0 spiro atoms. The molecule has 1 N–H and O–H groups in total. The van der Waals surface area contributed by atoms with Crippen LogP contribution in [0.2, 0.25) is 0 Å². The van der Waals surface area contributed by atoms with E-state index in [1.807, 2.05) is 24.3 Å². The molecule has 1 aliphatic heterocycles. The Hall–Kier alpha value is -2.02. The van der Waals surface area contributed by atoms with E-state index in [9.17, 15) is 10.1 Å². The lowest BCUT2D eigenvalue weighted by atomic mass is 9.93. The molecule has 1 aromatic carbocycles. The fraction of sp³-hybridized carbons (Fsp3) is 0.500. The van der Waals surface area contributed by atoms with E-state index in [2.05, 4.69) is 16.3 Å². The molecular weight excluding hydrogens is 250 g/mol. The number of nitriles is 1. The maximum Gasteiger partial charge on any atom is 0.243 e. The lowest BCUT2D eigenvalue weighted by Gasteiger charge is -2.38. The average molecular weight is 269 g/mol. The van der Waals surface area contributed by atoms with Crippen molar-refractivity contribution in [2.45, 2.75) is 38.1 Å². The molecule has 0 saturated heterocycles. The molecule has 4 nitrogen and oxygen atoms in total. The molecular formula is C16H19N3O. The largest absolute Gasteiger partial charge is 0.356 e. The summed E-state index contributed by atoms with van der Waals surface area (Å²) in [5, 5.41) is 12.4. The Morgan fingerprint density at radius 2 is 2.00 bits per heavy atom. The van der Waals surface area contributed by atoms with Gasteiger partial charge in [0.2, 0.25) is 5.91 Å². The van der Waals surface area contributed by atoms with Crippen molar-refractivity contribution in [3.05, 3.63) is 24.3 Å². The average Bonchev–Trinajstić information content (AvgIpc) is 2.71. The van der Waals surface area contributed by atoms with Crippen LogP contribution in [-0.2, 0) is 4.79 Å². The van der Waals surface area contributed by atoms with Crippen LogP contribution in [0.4, 0.5) is 11.4 Å². The first-order valence-corrected chi connectivity index (χ1v) is 7.35. The second kappa shape index (κ2) is 5.54. The predicted molar refractivity (Wildman–Crippen MR) is 78.4 cm³/mol. The highest BCUT2D eigenvalue weighted by Crippen LogP contribution is 2.36. The van der Waals surface area contributed by atoms with Gasteiger partial charge in [-0.2, -0.15) is 5.26 Å². The van der Waals surface area contributed by atoms with Crippen LogP contribution < -0.4 is 10.2 Å². The first kappa shape index (κ1) is 13.0. The highest BCUT2D eigenvalue weighted by Gasteiger charge is 2.33. The number of rotatable bonds is 1. The summed E-state index contributed by atoms with van der Waals surface area (Å²) in [4.78, 5) is 14.1. The summed E-state index contributed by atoms with van der Waals surface area (Å²) in [5.74, 6) is 0.0427. The number of amides is 1. The minimum atomic E-state index is 0.0182. The SMILES string of the molecule is N#CC1CCCCCC1N1CC(=O)Nc2ccccc21. The summed E-state index contributed by atoms with van der Waals surface area (Å²) in [6, 6.07) is 10.5. The molecule has 3 rings (SSSR count). The Kier molecular flexibility index (Phi) is 3.60. The van der Waals surface area contributed by atoms with E-state index in [1.54, 1.807) is 0 Å². The Morgan fingerprint density at radius 1 is 1.20 bits per heavy atom. The standard InChI is InChI=1S/C16H19N3O/c17-10-12-6-2-1-3-8-14(12)19-11-16(20)18-13-7-4-5-9-15(13)19/h4-5,7,9,12,14H,1-3,6,8,11H2,(H,18,20). The molecule has 2 unspecified atom stereocenters. The topological polar surface area (TPSA) is 56.1 Å². The number of anilines is 2. The zero-order valence-corrected chi connectivity index (χ0v) is 11.5. The Balaban J connectivity index is 1.96. The molecule has 2 aliphatic rings. The summed E-state index contributed by atoms with van der Waals surface area (Å²) in [5.41, 5.74) is 1.92. The number of carbonyl (C=O) groups is 1. The van der Waals surface area contributed by atoms with Crippen molar-refractivity contribution in [2.75, 3.05) is 16.8 Å². The second-order valence-corrected chi connectivity index (χ2v) is 5.63. The fourth-order valence-electron chi connectivity index (χ4n) is 3.37. The van der Waals surface area contributed by atoms with E-state index in [1.165, 1.54) is 6.42 Å². The molecule has 0 aromatic heterocycles. The Morgan fingerprint density at radius 3 is 2.85 bits per heavy atom. The smallest absolute Gasteiger partial charge is 0.243 e. The summed E-state index contributed by atoms with van der Waals surface area (Å²) >= 11 is 0. The Bertz CT molecular complexity index is 549. The first-order chi connectivity index (χ1) is 9.79. The fourth-order valence-corrected chi connectivity index (χ4v) is 3.37. The van der Waals surface area contributed by atoms with Crippen molar-refractivity contribution in [3.8, 4) is 6.07 Å². The highest BCUT2D eigenvalue weighted by atomic mass is 16.2. The molecule has 1 saturated carbocycles. The number of nitrogens with zero attached hydrogens (tertiary/aromatic N) is 2. The van der Waals surface area contributed by atoms with E-state index in [0.717, 1.165) is 37.1 Å². The van der Waals surface area contributed by atoms with E-state index in [4.69, 9.17) is 0 Å². The summed E-state index contributed by atoms with van der Waals surface area (Å²) in [6.07, 6.45) is 5.40. The quantitative estimate of drug-likeness (QED) is 0.797. The zero-order valence-electron chi connectivity index (χ0n) is 11.5. The lowest BCUT2D eigenvalue weighted by Crippen LogP contribution is -2.47. The lowest BCUT2D eigenvalue weighted by molar-refractivity contribution is -0.115. The first-order valence-electron chi connectivity index (χ1n) is 7.35. The van der Waals surface area contributed by atoms with Gasteiger partial charge in [0.25, 0.3) is 0 Å². The van der Waals surface area contributed by atoms with Crippen LogP contribution in [0.3, 0.4) is 0 Å². The third-order valence-electron chi connectivity index (χ3n) is 4.35. The maximum atomic E-state index is 11.9. The molecule has 0 radical (unpaired) electrons. The van der Waals surface area contributed by atoms with Gasteiger partial charge < -0.3 is 10.2 Å². The van der Waals surface area contributed by atoms with Gasteiger partial charge in [-0.05, 0) is 25.0 Å².